The summed E-state index contributed by atoms with van der Waals surface area (Å²) >= 11 is 0. The summed E-state index contributed by atoms with van der Waals surface area (Å²) in [6.07, 6.45) is 0.889. The number of nitrogens with zero attached hydrogens (tertiary/aromatic N) is 4. The highest BCUT2D eigenvalue weighted by Gasteiger charge is 2.10. The predicted octanol–water partition coefficient (Wildman–Crippen LogP) is 2.32. The van der Waals surface area contributed by atoms with Crippen LogP contribution in [0.25, 0.3) is 5.69 Å². The van der Waals surface area contributed by atoms with Gasteiger partial charge < -0.3 is 15.2 Å². The van der Waals surface area contributed by atoms with Gasteiger partial charge in [0.15, 0.2) is 0 Å². The van der Waals surface area contributed by atoms with Gasteiger partial charge in [0.2, 0.25) is 0 Å². The van der Waals surface area contributed by atoms with Crippen LogP contribution in [0.15, 0.2) is 54.6 Å². The summed E-state index contributed by atoms with van der Waals surface area (Å²) in [6.45, 7) is 2.88. The van der Waals surface area contributed by atoms with E-state index in [0.717, 1.165) is 17.7 Å². The number of nitrogens with one attached hydrogen (secondary N) is 1. The summed E-state index contributed by atoms with van der Waals surface area (Å²) < 4.78 is 7.34. The zero-order chi connectivity index (χ0) is 17.5. The number of ether oxygens (including phenoxy) is 1. The molecule has 2 N–H and O–H groups in total. The number of para-hydroxylation sites is 1. The molecule has 3 aromatic rings. The Hall–Kier alpha value is -2.77. The molecule has 7 heteroatoms. The van der Waals surface area contributed by atoms with E-state index in [-0.39, 0.29) is 12.6 Å². The summed E-state index contributed by atoms with van der Waals surface area (Å²) in [5.74, 6) is 0.657. The van der Waals surface area contributed by atoms with Gasteiger partial charge in [-0.3, -0.25) is 0 Å². The van der Waals surface area contributed by atoms with Gasteiger partial charge in [-0.2, -0.15) is 4.68 Å². The Morgan fingerprint density at radius 3 is 2.56 bits per heavy atom. The third-order valence-corrected chi connectivity index (χ3v) is 3.88. The van der Waals surface area contributed by atoms with Crippen LogP contribution in [-0.2, 0) is 6.54 Å². The van der Waals surface area contributed by atoms with Crippen LogP contribution in [0.2, 0.25) is 0 Å². The van der Waals surface area contributed by atoms with Crippen LogP contribution in [0.5, 0.6) is 11.8 Å². The van der Waals surface area contributed by atoms with Crippen molar-refractivity contribution < 1.29 is 9.84 Å². The predicted molar refractivity (Wildman–Crippen MR) is 93.7 cm³/mol. The van der Waals surface area contributed by atoms with Gasteiger partial charge in [0.25, 0.3) is 0 Å². The Bertz CT molecular complexity index is 770. The molecule has 0 spiro atoms. The molecule has 3 rings (SSSR count). The Labute approximate surface area is 146 Å². The van der Waals surface area contributed by atoms with E-state index in [2.05, 4.69) is 20.8 Å². The van der Waals surface area contributed by atoms with Gasteiger partial charge >= 0.3 is 6.01 Å². The number of benzene rings is 2. The zero-order valence-electron chi connectivity index (χ0n) is 14.0. The van der Waals surface area contributed by atoms with Crippen molar-refractivity contribution in [3.05, 3.63) is 60.2 Å². The average molecular weight is 339 g/mol. The lowest BCUT2D eigenvalue weighted by atomic mass is 10.2. The molecule has 0 fully saturated rings. The molecule has 7 nitrogen and oxygen atoms in total. The fraction of sp³-hybridized carbons (Fsp3) is 0.278. The van der Waals surface area contributed by atoms with E-state index in [9.17, 15) is 5.11 Å². The van der Waals surface area contributed by atoms with E-state index < -0.39 is 0 Å². The fourth-order valence-corrected chi connectivity index (χ4v) is 2.35. The van der Waals surface area contributed by atoms with E-state index in [0.29, 0.717) is 18.3 Å². The van der Waals surface area contributed by atoms with Crippen molar-refractivity contribution in [1.29, 1.82) is 0 Å². The highest BCUT2D eigenvalue weighted by Crippen LogP contribution is 2.21. The van der Waals surface area contributed by atoms with Crippen LogP contribution in [0.4, 0.5) is 0 Å². The molecule has 0 aliphatic carbocycles. The monoisotopic (exact) mass is 339 g/mol. The quantitative estimate of drug-likeness (QED) is 0.655. The molecule has 0 bridgehead atoms. The third kappa shape index (κ3) is 4.40. The second-order valence-corrected chi connectivity index (χ2v) is 5.62. The Morgan fingerprint density at radius 1 is 1.12 bits per heavy atom. The van der Waals surface area contributed by atoms with Crippen molar-refractivity contribution in [3.63, 3.8) is 0 Å². The second-order valence-electron chi connectivity index (χ2n) is 5.62. The topological polar surface area (TPSA) is 85.1 Å². The van der Waals surface area contributed by atoms with Crippen LogP contribution >= 0.6 is 0 Å². The number of hydrogen-bond acceptors (Lipinski definition) is 6. The molecule has 1 atom stereocenters. The first-order valence-corrected chi connectivity index (χ1v) is 8.25. The maximum absolute atomic E-state index is 9.21. The molecule has 0 amide bonds. The standard InChI is InChI=1S/C18H21N5O2/c1-2-15(13-24)19-12-14-8-10-17(11-9-14)25-18-20-21-22-23(18)16-6-4-3-5-7-16/h3-11,15,19,24H,2,12-13H2,1H3. The molecule has 1 unspecified atom stereocenters. The van der Waals surface area contributed by atoms with Gasteiger partial charge in [-0.1, -0.05) is 42.4 Å². The van der Waals surface area contributed by atoms with E-state index in [1.165, 1.54) is 0 Å². The lowest BCUT2D eigenvalue weighted by molar-refractivity contribution is 0.238. The van der Waals surface area contributed by atoms with Crippen molar-refractivity contribution in [2.45, 2.75) is 25.9 Å². The fourth-order valence-electron chi connectivity index (χ4n) is 2.35. The van der Waals surface area contributed by atoms with Crippen molar-refractivity contribution in [2.75, 3.05) is 6.61 Å². The summed E-state index contributed by atoms with van der Waals surface area (Å²) in [5.41, 5.74) is 1.94. The summed E-state index contributed by atoms with van der Waals surface area (Å²) in [6, 6.07) is 17.7. The molecule has 130 valence electrons. The first-order chi connectivity index (χ1) is 12.3. The number of hydrogen-bond donors (Lipinski definition) is 2. The molecule has 25 heavy (non-hydrogen) atoms. The largest absolute Gasteiger partial charge is 0.423 e. The lowest BCUT2D eigenvalue weighted by Crippen LogP contribution is -2.31. The van der Waals surface area contributed by atoms with Crippen LogP contribution in [0, 0.1) is 0 Å². The normalized spacial score (nSPS) is 12.1. The number of tetrazole rings is 1. The van der Waals surface area contributed by atoms with E-state index in [4.69, 9.17) is 4.74 Å². The van der Waals surface area contributed by atoms with Crippen molar-refractivity contribution in [3.8, 4) is 17.4 Å². The van der Waals surface area contributed by atoms with Gasteiger partial charge in [0, 0.05) is 12.6 Å². The first kappa shape index (κ1) is 17.1. The van der Waals surface area contributed by atoms with Gasteiger partial charge in [-0.15, -0.1) is 0 Å². The summed E-state index contributed by atoms with van der Waals surface area (Å²) in [4.78, 5) is 0. The molecule has 1 aromatic heterocycles. The molecular weight excluding hydrogens is 318 g/mol. The van der Waals surface area contributed by atoms with E-state index in [1.807, 2.05) is 61.5 Å². The minimum atomic E-state index is 0.117. The number of aromatic nitrogens is 4. The Morgan fingerprint density at radius 2 is 1.88 bits per heavy atom. The van der Waals surface area contributed by atoms with Crippen molar-refractivity contribution in [1.82, 2.24) is 25.5 Å². The maximum Gasteiger partial charge on any atom is 0.345 e. The second kappa shape index (κ2) is 8.36. The Kier molecular flexibility index (Phi) is 5.71. The van der Waals surface area contributed by atoms with Crippen LogP contribution < -0.4 is 10.1 Å². The zero-order valence-corrected chi connectivity index (χ0v) is 14.0. The maximum atomic E-state index is 9.21. The van der Waals surface area contributed by atoms with E-state index >= 15 is 0 Å². The number of rotatable bonds is 8. The van der Waals surface area contributed by atoms with Gasteiger partial charge in [0.05, 0.1) is 12.3 Å². The third-order valence-electron chi connectivity index (χ3n) is 3.88. The number of aliphatic hydroxyl groups excluding tert-OH is 1. The Balaban J connectivity index is 1.66. The smallest absolute Gasteiger partial charge is 0.345 e. The average Bonchev–Trinajstić information content (AvgIpc) is 3.13. The van der Waals surface area contributed by atoms with Gasteiger partial charge in [-0.25, -0.2) is 0 Å². The molecule has 0 saturated carbocycles. The van der Waals surface area contributed by atoms with Crippen LogP contribution in [0.3, 0.4) is 0 Å². The van der Waals surface area contributed by atoms with Crippen LogP contribution in [-0.4, -0.2) is 38.0 Å². The SMILES string of the molecule is CCC(CO)NCc1ccc(Oc2nnnn2-c2ccccc2)cc1. The molecule has 0 aliphatic heterocycles. The minimum Gasteiger partial charge on any atom is -0.423 e. The van der Waals surface area contributed by atoms with Crippen molar-refractivity contribution >= 4 is 0 Å². The highest BCUT2D eigenvalue weighted by molar-refractivity contribution is 5.34. The lowest BCUT2D eigenvalue weighted by Gasteiger charge is -2.14. The first-order valence-electron chi connectivity index (χ1n) is 8.25. The molecule has 0 saturated heterocycles. The van der Waals surface area contributed by atoms with Crippen molar-refractivity contribution in [2.24, 2.45) is 0 Å². The molecule has 0 radical (unpaired) electrons. The van der Waals surface area contributed by atoms with Gasteiger partial charge in [0.1, 0.15) is 5.75 Å². The van der Waals surface area contributed by atoms with Crippen LogP contribution in [0.1, 0.15) is 18.9 Å². The molecule has 0 aliphatic rings. The highest BCUT2D eigenvalue weighted by atomic mass is 16.5. The number of aliphatic hydroxyl groups is 1. The van der Waals surface area contributed by atoms with E-state index in [1.54, 1.807) is 4.68 Å². The summed E-state index contributed by atoms with van der Waals surface area (Å²) in [5, 5.41) is 24.1. The minimum absolute atomic E-state index is 0.117. The molecule has 1 heterocycles. The molecular formula is C18H21N5O2. The summed E-state index contributed by atoms with van der Waals surface area (Å²) in [7, 11) is 0. The van der Waals surface area contributed by atoms with Gasteiger partial charge in [-0.05, 0) is 46.7 Å². The molecule has 2 aromatic carbocycles.